The Kier molecular flexibility index (Phi) is 3.88. The van der Waals surface area contributed by atoms with Crippen molar-refractivity contribution >= 4 is 22.0 Å². The Morgan fingerprint density at radius 2 is 1.70 bits per heavy atom. The number of allylic oxidation sites excluding steroid dienone is 1. The summed E-state index contributed by atoms with van der Waals surface area (Å²) >= 11 is 3.43. The number of fused-ring (bicyclic) bond motifs is 2. The van der Waals surface area contributed by atoms with Gasteiger partial charge in [-0.2, -0.15) is 13.2 Å². The molecule has 0 spiro atoms. The van der Waals surface area contributed by atoms with Gasteiger partial charge < -0.3 is 9.47 Å². The summed E-state index contributed by atoms with van der Waals surface area (Å²) in [6, 6.07) is 6.71. The molecule has 120 valence electrons. The molecule has 0 N–H and O–H groups in total. The summed E-state index contributed by atoms with van der Waals surface area (Å²) in [5.74, 6) is 1.17. The third-order valence-corrected chi connectivity index (χ3v) is 3.93. The number of halogens is 4. The van der Waals surface area contributed by atoms with Gasteiger partial charge >= 0.3 is 6.18 Å². The molecule has 0 unspecified atom stereocenters. The summed E-state index contributed by atoms with van der Waals surface area (Å²) in [6.07, 6.45) is -2.55. The van der Waals surface area contributed by atoms with Crippen molar-refractivity contribution in [1.82, 2.24) is 0 Å². The second-order valence-corrected chi connectivity index (χ2v) is 6.23. The maximum absolute atomic E-state index is 12.9. The van der Waals surface area contributed by atoms with E-state index in [1.807, 2.05) is 26.0 Å². The van der Waals surface area contributed by atoms with Crippen molar-refractivity contribution < 1.29 is 22.6 Å². The fourth-order valence-electron chi connectivity index (χ4n) is 2.24. The molecule has 23 heavy (non-hydrogen) atoms. The highest BCUT2D eigenvalue weighted by atomic mass is 79.9. The molecule has 0 atom stereocenters. The molecule has 0 bridgehead atoms. The van der Waals surface area contributed by atoms with Gasteiger partial charge in [-0.15, -0.1) is 0 Å². The lowest BCUT2D eigenvalue weighted by molar-refractivity contribution is -0.137. The van der Waals surface area contributed by atoms with Crippen molar-refractivity contribution in [3.05, 3.63) is 51.5 Å². The van der Waals surface area contributed by atoms with E-state index >= 15 is 0 Å². The normalized spacial score (nSPS) is 12.6. The van der Waals surface area contributed by atoms with Gasteiger partial charge in [-0.1, -0.05) is 27.6 Å². The molecule has 1 aliphatic rings. The van der Waals surface area contributed by atoms with Crippen LogP contribution in [0.1, 0.15) is 25.0 Å². The molecule has 6 heteroatoms. The molecule has 0 radical (unpaired) electrons. The first-order valence-electron chi connectivity index (χ1n) is 6.80. The first kappa shape index (κ1) is 15.9. The van der Waals surface area contributed by atoms with E-state index in [1.54, 1.807) is 6.07 Å². The Morgan fingerprint density at radius 3 is 2.35 bits per heavy atom. The molecule has 2 nitrogen and oxygen atoms in total. The average molecular weight is 385 g/mol. The monoisotopic (exact) mass is 384 g/mol. The molecule has 0 fully saturated rings. The van der Waals surface area contributed by atoms with Gasteiger partial charge in [0.2, 0.25) is 0 Å². The third kappa shape index (κ3) is 3.08. The molecule has 0 amide bonds. The minimum atomic E-state index is -4.43. The Labute approximate surface area is 139 Å². The van der Waals surface area contributed by atoms with Gasteiger partial charge in [0.15, 0.2) is 23.0 Å². The van der Waals surface area contributed by atoms with Crippen molar-refractivity contribution in [1.29, 1.82) is 0 Å². The van der Waals surface area contributed by atoms with Crippen molar-refractivity contribution in [2.24, 2.45) is 0 Å². The summed E-state index contributed by atoms with van der Waals surface area (Å²) in [5.41, 5.74) is 0.977. The smallest absolute Gasteiger partial charge is 0.416 e. The second-order valence-electron chi connectivity index (χ2n) is 5.37. The lowest BCUT2D eigenvalue weighted by Crippen LogP contribution is -2.07. The van der Waals surface area contributed by atoms with Gasteiger partial charge in [-0.05, 0) is 44.2 Å². The maximum Gasteiger partial charge on any atom is 0.416 e. The molecular formula is C17H12BrF3O2. The summed E-state index contributed by atoms with van der Waals surface area (Å²) < 4.78 is 50.7. The lowest BCUT2D eigenvalue weighted by atomic mass is 10.1. The number of ether oxygens (including phenoxy) is 2. The number of hydrogen-bond acceptors (Lipinski definition) is 2. The summed E-state index contributed by atoms with van der Waals surface area (Å²) in [5, 5.41) is 0. The van der Waals surface area contributed by atoms with E-state index in [0.29, 0.717) is 11.5 Å². The SMILES string of the molecule is CC(C)=Cc1c(Br)ccc2c1Oc1cc(C(F)(F)F)ccc1O2. The van der Waals surface area contributed by atoms with Crippen LogP contribution in [0.4, 0.5) is 13.2 Å². The first-order chi connectivity index (χ1) is 10.8. The van der Waals surface area contributed by atoms with E-state index in [0.717, 1.165) is 27.7 Å². The molecule has 0 aromatic heterocycles. The Morgan fingerprint density at radius 1 is 1.00 bits per heavy atom. The van der Waals surface area contributed by atoms with Crippen molar-refractivity contribution in [3.8, 4) is 23.0 Å². The Bertz CT molecular complexity index is 806. The maximum atomic E-state index is 12.9. The van der Waals surface area contributed by atoms with Crippen LogP contribution < -0.4 is 9.47 Å². The minimum absolute atomic E-state index is 0.0498. The molecule has 1 heterocycles. The molecule has 3 rings (SSSR count). The van der Waals surface area contributed by atoms with Crippen molar-refractivity contribution in [2.45, 2.75) is 20.0 Å². The molecule has 0 aliphatic carbocycles. The zero-order valence-electron chi connectivity index (χ0n) is 12.3. The highest BCUT2D eigenvalue weighted by Crippen LogP contribution is 2.50. The van der Waals surface area contributed by atoms with Crippen LogP contribution in [-0.2, 0) is 6.18 Å². The van der Waals surface area contributed by atoms with Gasteiger partial charge in [0.25, 0.3) is 0 Å². The van der Waals surface area contributed by atoms with Crippen molar-refractivity contribution in [2.75, 3.05) is 0 Å². The van der Waals surface area contributed by atoms with Crippen LogP contribution in [0.15, 0.2) is 40.4 Å². The van der Waals surface area contributed by atoms with Crippen LogP contribution in [0.2, 0.25) is 0 Å². The highest BCUT2D eigenvalue weighted by molar-refractivity contribution is 9.10. The van der Waals surface area contributed by atoms with Crippen LogP contribution in [0.5, 0.6) is 23.0 Å². The first-order valence-corrected chi connectivity index (χ1v) is 7.59. The van der Waals surface area contributed by atoms with E-state index in [2.05, 4.69) is 15.9 Å². The zero-order valence-corrected chi connectivity index (χ0v) is 13.9. The molecule has 2 aromatic rings. The fraction of sp³-hybridized carbons (Fsp3) is 0.176. The highest BCUT2D eigenvalue weighted by Gasteiger charge is 2.33. The van der Waals surface area contributed by atoms with Crippen LogP contribution >= 0.6 is 15.9 Å². The predicted molar refractivity (Wildman–Crippen MR) is 85.1 cm³/mol. The summed E-state index contributed by atoms with van der Waals surface area (Å²) in [7, 11) is 0. The van der Waals surface area contributed by atoms with Gasteiger partial charge in [-0.25, -0.2) is 0 Å². The van der Waals surface area contributed by atoms with Gasteiger partial charge in [0.05, 0.1) is 5.56 Å². The van der Waals surface area contributed by atoms with Gasteiger partial charge in [-0.3, -0.25) is 0 Å². The molecule has 0 saturated heterocycles. The average Bonchev–Trinajstić information content (AvgIpc) is 2.47. The van der Waals surface area contributed by atoms with Crippen LogP contribution in [-0.4, -0.2) is 0 Å². The minimum Gasteiger partial charge on any atom is -0.449 e. The number of rotatable bonds is 1. The van der Waals surface area contributed by atoms with Crippen LogP contribution in [0.25, 0.3) is 6.08 Å². The topological polar surface area (TPSA) is 18.5 Å². The molecule has 2 aromatic carbocycles. The third-order valence-electron chi connectivity index (χ3n) is 3.24. The van der Waals surface area contributed by atoms with E-state index in [-0.39, 0.29) is 11.5 Å². The largest absolute Gasteiger partial charge is 0.449 e. The van der Waals surface area contributed by atoms with E-state index in [1.165, 1.54) is 6.07 Å². The fourth-order valence-corrected chi connectivity index (χ4v) is 2.67. The Hall–Kier alpha value is -1.95. The van der Waals surface area contributed by atoms with E-state index in [4.69, 9.17) is 9.47 Å². The molecular weight excluding hydrogens is 373 g/mol. The van der Waals surface area contributed by atoms with E-state index < -0.39 is 11.7 Å². The number of hydrogen-bond donors (Lipinski definition) is 0. The number of benzene rings is 2. The quantitative estimate of drug-likeness (QED) is 0.459. The summed E-state index contributed by atoms with van der Waals surface area (Å²) in [4.78, 5) is 0. The van der Waals surface area contributed by atoms with Crippen molar-refractivity contribution in [3.63, 3.8) is 0 Å². The zero-order chi connectivity index (χ0) is 16.8. The van der Waals surface area contributed by atoms with Crippen LogP contribution in [0, 0.1) is 0 Å². The van der Waals surface area contributed by atoms with Gasteiger partial charge in [0, 0.05) is 10.0 Å². The van der Waals surface area contributed by atoms with E-state index in [9.17, 15) is 13.2 Å². The van der Waals surface area contributed by atoms with Crippen LogP contribution in [0.3, 0.4) is 0 Å². The lowest BCUT2D eigenvalue weighted by Gasteiger charge is -2.23. The second kappa shape index (κ2) is 5.60. The summed E-state index contributed by atoms with van der Waals surface area (Å²) in [6.45, 7) is 3.84. The number of alkyl halides is 3. The molecule has 0 saturated carbocycles. The molecule has 1 aliphatic heterocycles. The van der Waals surface area contributed by atoms with Gasteiger partial charge in [0.1, 0.15) is 0 Å². The predicted octanol–water partition coefficient (Wildman–Crippen LogP) is 6.79. The Balaban J connectivity index is 2.10. The standard InChI is InChI=1S/C17H12BrF3O2/c1-9(2)7-11-12(18)4-6-14-16(11)23-15-8-10(17(19,20)21)3-5-13(15)22-14/h3-8H,1-2H3.